The average molecular weight is 306 g/mol. The number of aliphatic hydroxyl groups is 1. The molecule has 1 saturated heterocycles. The van der Waals surface area contributed by atoms with Crippen LogP contribution in [0.2, 0.25) is 0 Å². The number of alkyl halides is 3. The van der Waals surface area contributed by atoms with Crippen LogP contribution in [0.1, 0.15) is 23.6 Å². The Morgan fingerprint density at radius 2 is 1.90 bits per heavy atom. The summed E-state index contributed by atoms with van der Waals surface area (Å²) in [4.78, 5) is 1.91. The standard InChI is InChI=1S/C14H18F4N2O/c15-13-10(2-1-3-11(13)14(16,17)18)12(4-9-21)20-7-5-19-6-8-20/h1-3,12,19,21H,4-9H2/t12-/m0/s1. The fourth-order valence-electron chi connectivity index (χ4n) is 2.68. The molecule has 118 valence electrons. The quantitative estimate of drug-likeness (QED) is 0.837. The zero-order chi connectivity index (χ0) is 15.5. The van der Waals surface area contributed by atoms with Gasteiger partial charge in [-0.3, -0.25) is 4.90 Å². The van der Waals surface area contributed by atoms with Crippen LogP contribution in [-0.2, 0) is 6.18 Å². The molecule has 0 unspecified atom stereocenters. The number of nitrogens with zero attached hydrogens (tertiary/aromatic N) is 1. The molecule has 7 heteroatoms. The Morgan fingerprint density at radius 3 is 2.48 bits per heavy atom. The van der Waals surface area contributed by atoms with E-state index in [9.17, 15) is 17.6 Å². The minimum atomic E-state index is -4.71. The maximum atomic E-state index is 14.3. The van der Waals surface area contributed by atoms with Gasteiger partial charge >= 0.3 is 6.18 Å². The molecule has 0 radical (unpaired) electrons. The number of piperazine rings is 1. The predicted octanol–water partition coefficient (Wildman–Crippen LogP) is 2.17. The van der Waals surface area contributed by atoms with Gasteiger partial charge in [-0.15, -0.1) is 0 Å². The normalized spacial score (nSPS) is 18.7. The molecule has 0 bridgehead atoms. The molecule has 3 nitrogen and oxygen atoms in total. The first kappa shape index (κ1) is 16.2. The van der Waals surface area contributed by atoms with E-state index >= 15 is 0 Å². The third-order valence-electron chi connectivity index (χ3n) is 3.69. The van der Waals surface area contributed by atoms with E-state index < -0.39 is 23.6 Å². The Hall–Kier alpha value is -1.18. The highest BCUT2D eigenvalue weighted by atomic mass is 19.4. The molecule has 1 atom stereocenters. The lowest BCUT2D eigenvalue weighted by Gasteiger charge is -2.35. The van der Waals surface area contributed by atoms with E-state index in [0.29, 0.717) is 26.2 Å². The first-order chi connectivity index (χ1) is 9.95. The van der Waals surface area contributed by atoms with Crippen molar-refractivity contribution in [2.45, 2.75) is 18.6 Å². The summed E-state index contributed by atoms with van der Waals surface area (Å²) in [5, 5.41) is 12.3. The summed E-state index contributed by atoms with van der Waals surface area (Å²) in [5.74, 6) is -1.23. The largest absolute Gasteiger partial charge is 0.419 e. The van der Waals surface area contributed by atoms with E-state index in [0.717, 1.165) is 6.07 Å². The minimum Gasteiger partial charge on any atom is -0.396 e. The topological polar surface area (TPSA) is 35.5 Å². The van der Waals surface area contributed by atoms with Gasteiger partial charge in [0.1, 0.15) is 5.82 Å². The summed E-state index contributed by atoms with van der Waals surface area (Å²) in [7, 11) is 0. The van der Waals surface area contributed by atoms with E-state index in [1.807, 2.05) is 4.90 Å². The van der Waals surface area contributed by atoms with Gasteiger partial charge in [-0.1, -0.05) is 12.1 Å². The van der Waals surface area contributed by atoms with Gasteiger partial charge in [-0.2, -0.15) is 13.2 Å². The first-order valence-electron chi connectivity index (χ1n) is 6.86. The molecule has 0 spiro atoms. The van der Waals surface area contributed by atoms with Crippen LogP contribution in [0.4, 0.5) is 17.6 Å². The molecule has 2 rings (SSSR count). The maximum Gasteiger partial charge on any atom is 0.419 e. The highest BCUT2D eigenvalue weighted by molar-refractivity contribution is 5.30. The second kappa shape index (κ2) is 6.72. The van der Waals surface area contributed by atoms with Gasteiger partial charge in [0.2, 0.25) is 0 Å². The Morgan fingerprint density at radius 1 is 1.24 bits per heavy atom. The number of nitrogens with one attached hydrogen (secondary N) is 1. The number of hydrogen-bond acceptors (Lipinski definition) is 3. The molecular formula is C14H18F4N2O. The Labute approximate surface area is 120 Å². The predicted molar refractivity (Wildman–Crippen MR) is 70.3 cm³/mol. The van der Waals surface area contributed by atoms with Gasteiger partial charge in [0.05, 0.1) is 5.56 Å². The molecule has 1 aromatic rings. The van der Waals surface area contributed by atoms with Crippen molar-refractivity contribution >= 4 is 0 Å². The van der Waals surface area contributed by atoms with E-state index in [1.165, 1.54) is 12.1 Å². The Balaban J connectivity index is 2.36. The molecule has 21 heavy (non-hydrogen) atoms. The molecule has 0 aromatic heterocycles. The third-order valence-corrected chi connectivity index (χ3v) is 3.69. The summed E-state index contributed by atoms with van der Waals surface area (Å²) in [6, 6.07) is 2.78. The van der Waals surface area contributed by atoms with Crippen LogP contribution in [-0.4, -0.2) is 42.8 Å². The van der Waals surface area contributed by atoms with Crippen LogP contribution >= 0.6 is 0 Å². The molecule has 0 aliphatic carbocycles. The number of hydrogen-bond donors (Lipinski definition) is 2. The highest BCUT2D eigenvalue weighted by Crippen LogP contribution is 2.36. The van der Waals surface area contributed by atoms with E-state index in [-0.39, 0.29) is 18.6 Å². The van der Waals surface area contributed by atoms with Crippen LogP contribution in [0, 0.1) is 5.82 Å². The van der Waals surface area contributed by atoms with E-state index in [4.69, 9.17) is 5.11 Å². The summed E-state index contributed by atoms with van der Waals surface area (Å²) in [5.41, 5.74) is -1.25. The highest BCUT2D eigenvalue weighted by Gasteiger charge is 2.36. The second-order valence-corrected chi connectivity index (χ2v) is 5.02. The Bertz CT molecular complexity index is 473. The van der Waals surface area contributed by atoms with Crippen molar-refractivity contribution in [3.8, 4) is 0 Å². The minimum absolute atomic E-state index is 0.000718. The monoisotopic (exact) mass is 306 g/mol. The summed E-state index contributed by atoms with van der Waals surface area (Å²) < 4.78 is 52.7. The molecule has 1 aliphatic rings. The van der Waals surface area contributed by atoms with Crippen molar-refractivity contribution in [3.63, 3.8) is 0 Å². The van der Waals surface area contributed by atoms with Gasteiger partial charge in [0.15, 0.2) is 0 Å². The van der Waals surface area contributed by atoms with Crippen LogP contribution in [0.3, 0.4) is 0 Å². The summed E-state index contributed by atoms with van der Waals surface area (Å²) >= 11 is 0. The second-order valence-electron chi connectivity index (χ2n) is 5.02. The van der Waals surface area contributed by atoms with Gasteiger partial charge < -0.3 is 10.4 Å². The first-order valence-corrected chi connectivity index (χ1v) is 6.86. The van der Waals surface area contributed by atoms with Crippen LogP contribution in [0.15, 0.2) is 18.2 Å². The number of halogens is 4. The number of benzene rings is 1. The fourth-order valence-corrected chi connectivity index (χ4v) is 2.68. The van der Waals surface area contributed by atoms with E-state index in [2.05, 4.69) is 5.32 Å². The van der Waals surface area contributed by atoms with Crippen molar-refractivity contribution < 1.29 is 22.7 Å². The summed E-state index contributed by atoms with van der Waals surface area (Å²) in [6.45, 7) is 2.41. The molecule has 1 fully saturated rings. The van der Waals surface area contributed by atoms with Crippen molar-refractivity contribution in [2.24, 2.45) is 0 Å². The fraction of sp³-hybridized carbons (Fsp3) is 0.571. The van der Waals surface area contributed by atoms with Gasteiger partial charge in [0, 0.05) is 44.4 Å². The number of rotatable bonds is 4. The molecule has 1 heterocycles. The van der Waals surface area contributed by atoms with Crippen LogP contribution in [0.25, 0.3) is 0 Å². The third kappa shape index (κ3) is 3.72. The van der Waals surface area contributed by atoms with Gasteiger partial charge in [0.25, 0.3) is 0 Å². The zero-order valence-corrected chi connectivity index (χ0v) is 11.5. The lowest BCUT2D eigenvalue weighted by molar-refractivity contribution is -0.140. The molecule has 1 aromatic carbocycles. The average Bonchev–Trinajstić information content (AvgIpc) is 2.45. The molecule has 0 saturated carbocycles. The lowest BCUT2D eigenvalue weighted by atomic mass is 9.98. The van der Waals surface area contributed by atoms with Gasteiger partial charge in [-0.25, -0.2) is 4.39 Å². The number of aliphatic hydroxyl groups excluding tert-OH is 1. The van der Waals surface area contributed by atoms with Crippen LogP contribution < -0.4 is 5.32 Å². The molecule has 2 N–H and O–H groups in total. The lowest BCUT2D eigenvalue weighted by Crippen LogP contribution is -2.45. The van der Waals surface area contributed by atoms with E-state index in [1.54, 1.807) is 0 Å². The molecule has 0 amide bonds. The molecule has 1 aliphatic heterocycles. The Kier molecular flexibility index (Phi) is 5.18. The van der Waals surface area contributed by atoms with Crippen molar-refractivity contribution in [1.29, 1.82) is 0 Å². The van der Waals surface area contributed by atoms with Crippen molar-refractivity contribution in [2.75, 3.05) is 32.8 Å². The SMILES string of the molecule is OCC[C@@H](c1cccc(C(F)(F)F)c1F)N1CCNCC1. The zero-order valence-electron chi connectivity index (χ0n) is 11.5. The van der Waals surface area contributed by atoms with Crippen molar-refractivity contribution in [1.82, 2.24) is 10.2 Å². The van der Waals surface area contributed by atoms with Crippen LogP contribution in [0.5, 0.6) is 0 Å². The maximum absolute atomic E-state index is 14.3. The van der Waals surface area contributed by atoms with Crippen molar-refractivity contribution in [3.05, 3.63) is 35.1 Å². The van der Waals surface area contributed by atoms with Gasteiger partial charge in [-0.05, 0) is 12.5 Å². The summed E-state index contributed by atoms with van der Waals surface area (Å²) in [6.07, 6.45) is -4.51. The smallest absolute Gasteiger partial charge is 0.396 e. The molecular weight excluding hydrogens is 288 g/mol.